The number of ether oxygens (including phenoxy) is 1. The van der Waals surface area contributed by atoms with Crippen molar-refractivity contribution in [1.82, 2.24) is 10.6 Å². The normalized spacial score (nSPS) is 17.7. The Morgan fingerprint density at radius 1 is 1.37 bits per heavy atom. The highest BCUT2D eigenvalue weighted by molar-refractivity contribution is 5.72. The molecule has 0 saturated heterocycles. The zero-order valence-electron chi connectivity index (χ0n) is 11.7. The molecule has 1 aliphatic carbocycles. The number of methoxy groups -OCH3 is 1. The third-order valence-corrected chi connectivity index (χ3v) is 3.57. The summed E-state index contributed by atoms with van der Waals surface area (Å²) in [6.45, 7) is 3.06. The molecule has 0 aliphatic heterocycles. The molecule has 2 rings (SSSR count). The van der Waals surface area contributed by atoms with Crippen LogP contribution in [0.4, 0.5) is 0 Å². The number of carbonyl (C=O) groups is 1. The van der Waals surface area contributed by atoms with Crippen molar-refractivity contribution in [1.29, 1.82) is 0 Å². The molecule has 0 aromatic heterocycles. The smallest absolute Gasteiger partial charge is 0.216 e. The highest BCUT2D eigenvalue weighted by atomic mass is 16.5. The van der Waals surface area contributed by atoms with E-state index in [4.69, 9.17) is 4.74 Å². The van der Waals surface area contributed by atoms with Gasteiger partial charge in [0.2, 0.25) is 5.91 Å². The Hall–Kier alpha value is -1.55. The van der Waals surface area contributed by atoms with Crippen molar-refractivity contribution in [2.45, 2.75) is 32.2 Å². The molecule has 4 nitrogen and oxygen atoms in total. The Kier molecular flexibility index (Phi) is 4.80. The van der Waals surface area contributed by atoms with Gasteiger partial charge in [0.1, 0.15) is 5.75 Å². The number of rotatable bonds is 5. The van der Waals surface area contributed by atoms with Crippen LogP contribution >= 0.6 is 0 Å². The molecular formula is C15H22N2O2. The van der Waals surface area contributed by atoms with Gasteiger partial charge in [0.15, 0.2) is 0 Å². The van der Waals surface area contributed by atoms with Crippen LogP contribution in [0.5, 0.6) is 5.75 Å². The molecule has 1 aliphatic rings. The summed E-state index contributed by atoms with van der Waals surface area (Å²) in [5, 5.41) is 6.30. The summed E-state index contributed by atoms with van der Waals surface area (Å²) in [7, 11) is 1.70. The van der Waals surface area contributed by atoms with Crippen LogP contribution in [0, 0.1) is 0 Å². The maximum Gasteiger partial charge on any atom is 0.216 e. The molecule has 4 heteroatoms. The van der Waals surface area contributed by atoms with E-state index in [1.165, 1.54) is 11.1 Å². The number of hydrogen-bond acceptors (Lipinski definition) is 3. The Morgan fingerprint density at radius 3 is 2.95 bits per heavy atom. The van der Waals surface area contributed by atoms with Gasteiger partial charge in [0.25, 0.3) is 0 Å². The standard InChI is InChI=1S/C15H22N2O2/c1-11(18)16-7-8-17-14-5-3-12-4-6-15(19-2)10-13(12)9-14/h4,6,10,14,17H,3,5,7-9H2,1-2H3,(H,16,18). The molecule has 104 valence electrons. The van der Waals surface area contributed by atoms with Crippen LogP contribution in [-0.2, 0) is 17.6 Å². The maximum absolute atomic E-state index is 10.8. The quantitative estimate of drug-likeness (QED) is 0.786. The zero-order chi connectivity index (χ0) is 13.7. The zero-order valence-corrected chi connectivity index (χ0v) is 11.7. The van der Waals surface area contributed by atoms with Crippen molar-refractivity contribution in [2.24, 2.45) is 0 Å². The SMILES string of the molecule is COc1ccc2c(c1)CC(NCCNC(C)=O)CC2. The molecule has 2 N–H and O–H groups in total. The monoisotopic (exact) mass is 262 g/mol. The van der Waals surface area contributed by atoms with Crippen LogP contribution < -0.4 is 15.4 Å². The van der Waals surface area contributed by atoms with E-state index in [2.05, 4.69) is 22.8 Å². The van der Waals surface area contributed by atoms with E-state index in [0.717, 1.165) is 31.6 Å². The lowest BCUT2D eigenvalue weighted by molar-refractivity contribution is -0.118. The van der Waals surface area contributed by atoms with E-state index in [1.54, 1.807) is 14.0 Å². The van der Waals surface area contributed by atoms with Gasteiger partial charge in [0, 0.05) is 26.1 Å². The number of hydrogen-bond donors (Lipinski definition) is 2. The van der Waals surface area contributed by atoms with Crippen molar-refractivity contribution in [3.63, 3.8) is 0 Å². The molecule has 1 atom stereocenters. The molecule has 0 spiro atoms. The first-order valence-corrected chi connectivity index (χ1v) is 6.82. The van der Waals surface area contributed by atoms with Crippen molar-refractivity contribution >= 4 is 5.91 Å². The summed E-state index contributed by atoms with van der Waals surface area (Å²) in [6.07, 6.45) is 3.29. The number of amides is 1. The first-order chi connectivity index (χ1) is 9.19. The minimum absolute atomic E-state index is 0.0283. The number of nitrogens with one attached hydrogen (secondary N) is 2. The van der Waals surface area contributed by atoms with Crippen molar-refractivity contribution in [3.8, 4) is 5.75 Å². The second kappa shape index (κ2) is 6.57. The third kappa shape index (κ3) is 3.96. The third-order valence-electron chi connectivity index (χ3n) is 3.57. The van der Waals surface area contributed by atoms with E-state index in [-0.39, 0.29) is 5.91 Å². The molecule has 1 aromatic rings. The first-order valence-electron chi connectivity index (χ1n) is 6.82. The molecule has 0 heterocycles. The van der Waals surface area contributed by atoms with Crippen molar-refractivity contribution in [3.05, 3.63) is 29.3 Å². The maximum atomic E-state index is 10.8. The molecule has 1 unspecified atom stereocenters. The minimum Gasteiger partial charge on any atom is -0.497 e. The van der Waals surface area contributed by atoms with Crippen LogP contribution in [0.2, 0.25) is 0 Å². The van der Waals surface area contributed by atoms with E-state index >= 15 is 0 Å². The molecule has 19 heavy (non-hydrogen) atoms. The van der Waals surface area contributed by atoms with Crippen LogP contribution in [0.15, 0.2) is 18.2 Å². The van der Waals surface area contributed by atoms with Gasteiger partial charge in [0.05, 0.1) is 7.11 Å². The summed E-state index contributed by atoms with van der Waals surface area (Å²) in [4.78, 5) is 10.8. The highest BCUT2D eigenvalue weighted by Gasteiger charge is 2.18. The molecule has 1 aromatic carbocycles. The number of benzene rings is 1. The highest BCUT2D eigenvalue weighted by Crippen LogP contribution is 2.25. The summed E-state index contributed by atoms with van der Waals surface area (Å²) >= 11 is 0. The van der Waals surface area contributed by atoms with Crippen LogP contribution in [-0.4, -0.2) is 32.1 Å². The number of fused-ring (bicyclic) bond motifs is 1. The molecule has 0 fully saturated rings. The average Bonchev–Trinajstić information content (AvgIpc) is 2.42. The average molecular weight is 262 g/mol. The molecule has 0 radical (unpaired) electrons. The molecular weight excluding hydrogens is 240 g/mol. The van der Waals surface area contributed by atoms with Crippen LogP contribution in [0.25, 0.3) is 0 Å². The Bertz CT molecular complexity index is 446. The summed E-state index contributed by atoms with van der Waals surface area (Å²) in [5.74, 6) is 0.957. The second-order valence-corrected chi connectivity index (χ2v) is 5.01. The van der Waals surface area contributed by atoms with Gasteiger partial charge >= 0.3 is 0 Å². The van der Waals surface area contributed by atoms with Gasteiger partial charge < -0.3 is 15.4 Å². The summed E-state index contributed by atoms with van der Waals surface area (Å²) < 4.78 is 5.27. The lowest BCUT2D eigenvalue weighted by atomic mass is 9.88. The lowest BCUT2D eigenvalue weighted by Gasteiger charge is -2.26. The number of carbonyl (C=O) groups excluding carboxylic acids is 1. The van der Waals surface area contributed by atoms with Gasteiger partial charge in [-0.1, -0.05) is 6.07 Å². The fraction of sp³-hybridized carbons (Fsp3) is 0.533. The predicted molar refractivity (Wildman–Crippen MR) is 75.5 cm³/mol. The second-order valence-electron chi connectivity index (χ2n) is 5.01. The Labute approximate surface area is 114 Å². The predicted octanol–water partition coefficient (Wildman–Crippen LogP) is 1.28. The minimum atomic E-state index is 0.0283. The lowest BCUT2D eigenvalue weighted by Crippen LogP contribution is -2.39. The van der Waals surface area contributed by atoms with Crippen molar-refractivity contribution in [2.75, 3.05) is 20.2 Å². The fourth-order valence-electron chi connectivity index (χ4n) is 2.55. The Balaban J connectivity index is 1.85. The van der Waals surface area contributed by atoms with Gasteiger partial charge in [-0.15, -0.1) is 0 Å². The summed E-state index contributed by atoms with van der Waals surface area (Å²) in [6, 6.07) is 6.83. The van der Waals surface area contributed by atoms with E-state index in [9.17, 15) is 4.79 Å². The van der Waals surface area contributed by atoms with Gasteiger partial charge in [-0.2, -0.15) is 0 Å². The molecule has 1 amide bonds. The van der Waals surface area contributed by atoms with E-state index in [0.29, 0.717) is 12.6 Å². The van der Waals surface area contributed by atoms with Gasteiger partial charge in [-0.05, 0) is 42.5 Å². The molecule has 0 bridgehead atoms. The van der Waals surface area contributed by atoms with Gasteiger partial charge in [-0.25, -0.2) is 0 Å². The fourth-order valence-corrected chi connectivity index (χ4v) is 2.55. The molecule has 0 saturated carbocycles. The van der Waals surface area contributed by atoms with Crippen LogP contribution in [0.3, 0.4) is 0 Å². The van der Waals surface area contributed by atoms with Crippen molar-refractivity contribution < 1.29 is 9.53 Å². The van der Waals surface area contributed by atoms with E-state index in [1.807, 2.05) is 6.07 Å². The van der Waals surface area contributed by atoms with E-state index < -0.39 is 0 Å². The number of aryl methyl sites for hydroxylation is 1. The van der Waals surface area contributed by atoms with Crippen LogP contribution in [0.1, 0.15) is 24.5 Å². The van der Waals surface area contributed by atoms with Gasteiger partial charge in [-0.3, -0.25) is 4.79 Å². The Morgan fingerprint density at radius 2 is 2.21 bits per heavy atom. The largest absolute Gasteiger partial charge is 0.497 e. The first kappa shape index (κ1) is 13.9. The topological polar surface area (TPSA) is 50.4 Å². The summed E-state index contributed by atoms with van der Waals surface area (Å²) in [5.41, 5.74) is 2.81.